The Morgan fingerprint density at radius 1 is 1.14 bits per heavy atom. The van der Waals surface area contributed by atoms with Crippen LogP contribution >= 0.6 is 0 Å². The standard InChI is InChI=1S/C27H28FN3O5S.2H2/c1-5-6-7-13-35-27-23(26(32)31-37(33,34)25-10-8-9-19(4)29-25)11-12-24(30-27)20-14-21(28)16-22(15-20)36-17-18(2)3;;/h8-12,14-16,18H,7,13,17H2,1-4H3,(H,31,32);2*1H. The molecule has 3 rings (SSSR count). The number of carbonyl (C=O) groups is 1. The molecular weight excluding hydrogens is 497 g/mol. The number of amides is 1. The second kappa shape index (κ2) is 12.3. The number of rotatable bonds is 10. The minimum Gasteiger partial charge on any atom is -0.493 e. The number of hydrogen-bond donors (Lipinski definition) is 1. The van der Waals surface area contributed by atoms with Crippen LogP contribution in [0.5, 0.6) is 11.6 Å². The van der Waals surface area contributed by atoms with Gasteiger partial charge < -0.3 is 9.47 Å². The highest BCUT2D eigenvalue weighted by Gasteiger charge is 2.24. The van der Waals surface area contributed by atoms with E-state index < -0.39 is 21.7 Å². The number of nitrogens with one attached hydrogen (secondary N) is 1. The van der Waals surface area contributed by atoms with Gasteiger partial charge in [0.05, 0.1) is 12.3 Å². The van der Waals surface area contributed by atoms with E-state index in [4.69, 9.17) is 9.47 Å². The molecule has 1 amide bonds. The summed E-state index contributed by atoms with van der Waals surface area (Å²) in [6, 6.07) is 11.5. The first kappa shape index (κ1) is 27.6. The highest BCUT2D eigenvalue weighted by molar-refractivity contribution is 7.90. The molecule has 10 heteroatoms. The number of pyridine rings is 2. The lowest BCUT2D eigenvalue weighted by Crippen LogP contribution is -2.31. The SMILES string of the molecule is CC#CCCOc1nc(-c2cc(F)cc(OCC(C)C)c2)ccc1C(=O)NS(=O)(=O)c1cccc(C)n1.[HH].[HH]. The van der Waals surface area contributed by atoms with Crippen LogP contribution < -0.4 is 14.2 Å². The van der Waals surface area contributed by atoms with E-state index in [9.17, 15) is 17.6 Å². The third-order valence-electron chi connectivity index (χ3n) is 4.86. The summed E-state index contributed by atoms with van der Waals surface area (Å²) >= 11 is 0. The van der Waals surface area contributed by atoms with Gasteiger partial charge in [0.15, 0.2) is 5.03 Å². The summed E-state index contributed by atoms with van der Waals surface area (Å²) in [7, 11) is -4.25. The molecule has 0 unspecified atom stereocenters. The predicted octanol–water partition coefficient (Wildman–Crippen LogP) is 5.03. The molecule has 0 fully saturated rings. The first-order valence-corrected chi connectivity index (χ1v) is 13.1. The van der Waals surface area contributed by atoms with Gasteiger partial charge in [0.1, 0.15) is 23.7 Å². The summed E-state index contributed by atoms with van der Waals surface area (Å²) in [6.45, 7) is 7.80. The largest absolute Gasteiger partial charge is 0.493 e. The zero-order valence-electron chi connectivity index (χ0n) is 21.0. The molecule has 37 heavy (non-hydrogen) atoms. The van der Waals surface area contributed by atoms with E-state index in [1.807, 2.05) is 18.6 Å². The van der Waals surface area contributed by atoms with Crippen LogP contribution in [-0.2, 0) is 10.0 Å². The summed E-state index contributed by atoms with van der Waals surface area (Å²) in [6.07, 6.45) is 0.363. The van der Waals surface area contributed by atoms with Gasteiger partial charge in [-0.15, -0.1) is 11.8 Å². The molecule has 198 valence electrons. The van der Waals surface area contributed by atoms with E-state index in [1.54, 1.807) is 26.0 Å². The molecule has 1 aromatic carbocycles. The molecule has 1 N–H and O–H groups in total. The van der Waals surface area contributed by atoms with Crippen molar-refractivity contribution in [2.75, 3.05) is 13.2 Å². The molecule has 0 bridgehead atoms. The van der Waals surface area contributed by atoms with Crippen LogP contribution in [0.1, 0.15) is 46.1 Å². The van der Waals surface area contributed by atoms with E-state index >= 15 is 0 Å². The number of ether oxygens (including phenoxy) is 2. The summed E-state index contributed by atoms with van der Waals surface area (Å²) in [5.74, 6) is 4.60. The van der Waals surface area contributed by atoms with E-state index in [0.29, 0.717) is 35.7 Å². The van der Waals surface area contributed by atoms with Gasteiger partial charge in [-0.3, -0.25) is 4.79 Å². The Labute approximate surface area is 219 Å². The fourth-order valence-corrected chi connectivity index (χ4v) is 4.14. The maximum absolute atomic E-state index is 14.3. The summed E-state index contributed by atoms with van der Waals surface area (Å²) in [4.78, 5) is 21.3. The molecule has 0 saturated carbocycles. The van der Waals surface area contributed by atoms with Gasteiger partial charge in [0.25, 0.3) is 15.9 Å². The zero-order valence-corrected chi connectivity index (χ0v) is 21.9. The summed E-state index contributed by atoms with van der Waals surface area (Å²) < 4.78 is 53.1. The fraction of sp³-hybridized carbons (Fsp3) is 0.296. The Morgan fingerprint density at radius 2 is 1.92 bits per heavy atom. The van der Waals surface area contributed by atoms with Crippen LogP contribution in [0.3, 0.4) is 0 Å². The number of carbonyl (C=O) groups excluding carboxylic acids is 1. The van der Waals surface area contributed by atoms with Gasteiger partial charge in [-0.2, -0.15) is 8.42 Å². The van der Waals surface area contributed by atoms with Crippen molar-refractivity contribution in [3.8, 4) is 34.7 Å². The molecule has 3 aromatic rings. The molecule has 2 heterocycles. The molecule has 0 radical (unpaired) electrons. The highest BCUT2D eigenvalue weighted by Crippen LogP contribution is 2.28. The first-order valence-electron chi connectivity index (χ1n) is 11.6. The van der Waals surface area contributed by atoms with Gasteiger partial charge >= 0.3 is 0 Å². The van der Waals surface area contributed by atoms with E-state index in [1.165, 1.54) is 36.4 Å². The van der Waals surface area contributed by atoms with Crippen molar-refractivity contribution in [3.05, 3.63) is 65.6 Å². The Kier molecular flexibility index (Phi) is 9.20. The smallest absolute Gasteiger partial charge is 0.281 e. The summed E-state index contributed by atoms with van der Waals surface area (Å²) in [5, 5.41) is -0.292. The number of aryl methyl sites for hydroxylation is 1. The highest BCUT2D eigenvalue weighted by atomic mass is 32.2. The van der Waals surface area contributed by atoms with Gasteiger partial charge in [-0.1, -0.05) is 19.9 Å². The number of halogens is 1. The first-order chi connectivity index (χ1) is 17.6. The lowest BCUT2D eigenvalue weighted by molar-refractivity contribution is 0.0976. The van der Waals surface area contributed by atoms with Crippen molar-refractivity contribution in [1.82, 2.24) is 14.7 Å². The lowest BCUT2D eigenvalue weighted by Gasteiger charge is -2.13. The minimum atomic E-state index is -4.25. The van der Waals surface area contributed by atoms with Crippen molar-refractivity contribution in [2.24, 2.45) is 5.92 Å². The second-order valence-electron chi connectivity index (χ2n) is 8.51. The second-order valence-corrected chi connectivity index (χ2v) is 10.1. The normalized spacial score (nSPS) is 11.0. The quantitative estimate of drug-likeness (QED) is 0.290. The molecule has 0 saturated heterocycles. The van der Waals surface area contributed by atoms with Crippen molar-refractivity contribution >= 4 is 15.9 Å². The Balaban J connectivity index is 0.00000380. The van der Waals surface area contributed by atoms with Crippen LogP contribution in [0.25, 0.3) is 11.3 Å². The van der Waals surface area contributed by atoms with Crippen molar-refractivity contribution in [2.45, 2.75) is 39.1 Å². The van der Waals surface area contributed by atoms with Crippen molar-refractivity contribution in [3.63, 3.8) is 0 Å². The van der Waals surface area contributed by atoms with Crippen LogP contribution in [0, 0.1) is 30.5 Å². The Bertz CT molecular complexity index is 1460. The van der Waals surface area contributed by atoms with Crippen LogP contribution in [0.4, 0.5) is 4.39 Å². The molecule has 2 aromatic heterocycles. The minimum absolute atomic E-state index is 0. The Morgan fingerprint density at radius 3 is 2.62 bits per heavy atom. The third kappa shape index (κ3) is 7.75. The van der Waals surface area contributed by atoms with Crippen LogP contribution in [0.2, 0.25) is 0 Å². The number of nitrogens with zero attached hydrogens (tertiary/aromatic N) is 2. The average molecular weight is 530 g/mol. The molecule has 8 nitrogen and oxygen atoms in total. The lowest BCUT2D eigenvalue weighted by atomic mass is 10.1. The fourth-order valence-electron chi connectivity index (χ4n) is 3.16. The van der Waals surface area contributed by atoms with Crippen molar-refractivity contribution in [1.29, 1.82) is 0 Å². The number of hydrogen-bond acceptors (Lipinski definition) is 7. The zero-order chi connectivity index (χ0) is 27.0. The van der Waals surface area contributed by atoms with Crippen LogP contribution in [0.15, 0.2) is 53.6 Å². The van der Waals surface area contributed by atoms with Gasteiger partial charge in [-0.25, -0.2) is 19.1 Å². The molecule has 0 spiro atoms. The van der Waals surface area contributed by atoms with Gasteiger partial charge in [-0.05, 0) is 56.2 Å². The van der Waals surface area contributed by atoms with E-state index in [0.717, 1.165) is 0 Å². The van der Waals surface area contributed by atoms with Crippen molar-refractivity contribution < 1.29 is 29.9 Å². The Hall–Kier alpha value is -3.97. The molecule has 0 aliphatic carbocycles. The maximum atomic E-state index is 14.3. The van der Waals surface area contributed by atoms with Gasteiger partial charge in [0, 0.05) is 26.6 Å². The number of benzene rings is 1. The van der Waals surface area contributed by atoms with E-state index in [2.05, 4.69) is 21.8 Å². The molecule has 0 atom stereocenters. The molecule has 0 aliphatic heterocycles. The molecule has 0 aliphatic rings. The molecular formula is C27H32FN3O5S. The van der Waals surface area contributed by atoms with E-state index in [-0.39, 0.29) is 31.8 Å². The monoisotopic (exact) mass is 529 g/mol. The van der Waals surface area contributed by atoms with Gasteiger partial charge in [0.2, 0.25) is 5.88 Å². The maximum Gasteiger partial charge on any atom is 0.281 e. The number of sulfonamides is 1. The number of aromatic nitrogens is 2. The summed E-state index contributed by atoms with van der Waals surface area (Å²) in [5.41, 5.74) is 1.08. The average Bonchev–Trinajstić information content (AvgIpc) is 2.84. The third-order valence-corrected chi connectivity index (χ3v) is 6.10. The van der Waals surface area contributed by atoms with Crippen LogP contribution in [-0.4, -0.2) is 37.5 Å². The topological polar surface area (TPSA) is 107 Å². The predicted molar refractivity (Wildman–Crippen MR) is 141 cm³/mol.